The zero-order chi connectivity index (χ0) is 13.0. The molecule has 0 heterocycles. The quantitative estimate of drug-likeness (QED) is 0.804. The standard InChI is InChI=1S/C15H15N3/c1-2-11-5-3-4-6-15(11)18-13-8-7-12(10-16)14(17)9-13/h3-9,18H,2,17H2,1H3. The lowest BCUT2D eigenvalue weighted by Crippen LogP contribution is -1.97. The van der Waals surface area contributed by atoms with Gasteiger partial charge in [0.25, 0.3) is 0 Å². The molecule has 2 aromatic carbocycles. The van der Waals surface area contributed by atoms with Crippen LogP contribution in [0.3, 0.4) is 0 Å². The largest absolute Gasteiger partial charge is 0.398 e. The van der Waals surface area contributed by atoms with Crippen LogP contribution in [0, 0.1) is 11.3 Å². The molecule has 0 saturated carbocycles. The number of hydrogen-bond acceptors (Lipinski definition) is 3. The maximum Gasteiger partial charge on any atom is 0.101 e. The minimum Gasteiger partial charge on any atom is -0.398 e. The summed E-state index contributed by atoms with van der Waals surface area (Å²) in [6.07, 6.45) is 0.967. The van der Waals surface area contributed by atoms with Gasteiger partial charge in [-0.15, -0.1) is 0 Å². The fourth-order valence-electron chi connectivity index (χ4n) is 1.85. The fourth-order valence-corrected chi connectivity index (χ4v) is 1.85. The lowest BCUT2D eigenvalue weighted by Gasteiger charge is -2.11. The lowest BCUT2D eigenvalue weighted by molar-refractivity contribution is 1.14. The van der Waals surface area contributed by atoms with Gasteiger partial charge >= 0.3 is 0 Å². The van der Waals surface area contributed by atoms with E-state index in [9.17, 15) is 0 Å². The minimum atomic E-state index is 0.497. The molecule has 0 amide bonds. The SMILES string of the molecule is CCc1ccccc1Nc1ccc(C#N)c(N)c1. The van der Waals surface area contributed by atoms with E-state index in [0.29, 0.717) is 11.3 Å². The third-order valence-corrected chi connectivity index (χ3v) is 2.85. The Hall–Kier alpha value is -2.47. The number of nitrogen functional groups attached to an aromatic ring is 1. The van der Waals surface area contributed by atoms with Gasteiger partial charge in [0.15, 0.2) is 0 Å². The summed E-state index contributed by atoms with van der Waals surface area (Å²) in [6.45, 7) is 2.12. The molecule has 0 atom stereocenters. The van der Waals surface area contributed by atoms with Gasteiger partial charge in [-0.1, -0.05) is 25.1 Å². The van der Waals surface area contributed by atoms with Crippen molar-refractivity contribution in [2.45, 2.75) is 13.3 Å². The number of anilines is 3. The summed E-state index contributed by atoms with van der Waals surface area (Å²) in [5, 5.41) is 12.2. The molecule has 3 N–H and O–H groups in total. The summed E-state index contributed by atoms with van der Waals surface area (Å²) in [5.74, 6) is 0. The molecule has 3 nitrogen and oxygen atoms in total. The van der Waals surface area contributed by atoms with Crippen LogP contribution in [0.25, 0.3) is 0 Å². The second-order valence-corrected chi connectivity index (χ2v) is 4.05. The van der Waals surface area contributed by atoms with Crippen LogP contribution >= 0.6 is 0 Å². The third-order valence-electron chi connectivity index (χ3n) is 2.85. The number of aryl methyl sites for hydroxylation is 1. The van der Waals surface area contributed by atoms with E-state index in [1.54, 1.807) is 12.1 Å². The van der Waals surface area contributed by atoms with Crippen LogP contribution in [0.5, 0.6) is 0 Å². The molecule has 2 rings (SSSR count). The summed E-state index contributed by atoms with van der Waals surface area (Å²) >= 11 is 0. The molecule has 2 aromatic rings. The molecule has 3 heteroatoms. The number of para-hydroxylation sites is 1. The Labute approximate surface area is 107 Å². The van der Waals surface area contributed by atoms with Crippen LogP contribution in [0.2, 0.25) is 0 Å². The molecule has 90 valence electrons. The van der Waals surface area contributed by atoms with E-state index in [4.69, 9.17) is 11.0 Å². The molecule has 0 spiro atoms. The Morgan fingerprint density at radius 3 is 2.67 bits per heavy atom. The average molecular weight is 237 g/mol. The summed E-state index contributed by atoms with van der Waals surface area (Å²) in [7, 11) is 0. The van der Waals surface area contributed by atoms with Crippen molar-refractivity contribution in [3.05, 3.63) is 53.6 Å². The summed E-state index contributed by atoms with van der Waals surface area (Å²) in [6, 6.07) is 15.6. The Kier molecular flexibility index (Phi) is 3.49. The predicted octanol–water partition coefficient (Wildman–Crippen LogP) is 3.45. The predicted molar refractivity (Wildman–Crippen MR) is 74.7 cm³/mol. The molecule has 0 saturated heterocycles. The van der Waals surface area contributed by atoms with E-state index >= 15 is 0 Å². The average Bonchev–Trinajstić information content (AvgIpc) is 2.39. The van der Waals surface area contributed by atoms with E-state index < -0.39 is 0 Å². The molecule has 0 bridgehead atoms. The van der Waals surface area contributed by atoms with Gasteiger partial charge in [-0.3, -0.25) is 0 Å². The zero-order valence-corrected chi connectivity index (χ0v) is 10.3. The number of nitrogens with one attached hydrogen (secondary N) is 1. The Balaban J connectivity index is 2.29. The number of rotatable bonds is 3. The van der Waals surface area contributed by atoms with Gasteiger partial charge in [0, 0.05) is 11.4 Å². The van der Waals surface area contributed by atoms with Gasteiger partial charge in [0.05, 0.1) is 11.3 Å². The highest BCUT2D eigenvalue weighted by Gasteiger charge is 2.02. The number of nitrogens with two attached hydrogens (primary N) is 1. The van der Waals surface area contributed by atoms with Gasteiger partial charge in [0.1, 0.15) is 6.07 Å². The maximum absolute atomic E-state index is 8.83. The second kappa shape index (κ2) is 5.24. The fraction of sp³-hybridized carbons (Fsp3) is 0.133. The first-order valence-corrected chi connectivity index (χ1v) is 5.89. The topological polar surface area (TPSA) is 61.8 Å². The first kappa shape index (κ1) is 12.0. The van der Waals surface area contributed by atoms with Crippen LogP contribution in [0.4, 0.5) is 17.1 Å². The Morgan fingerprint density at radius 1 is 1.22 bits per heavy atom. The second-order valence-electron chi connectivity index (χ2n) is 4.05. The van der Waals surface area contributed by atoms with E-state index in [1.807, 2.05) is 24.3 Å². The van der Waals surface area contributed by atoms with E-state index in [2.05, 4.69) is 24.4 Å². The maximum atomic E-state index is 8.83. The van der Waals surface area contributed by atoms with Crippen molar-refractivity contribution in [3.63, 3.8) is 0 Å². The van der Waals surface area contributed by atoms with Crippen molar-refractivity contribution >= 4 is 17.1 Å². The molecular formula is C15H15N3. The number of nitrogens with zero attached hydrogens (tertiary/aromatic N) is 1. The van der Waals surface area contributed by atoms with E-state index in [1.165, 1.54) is 5.56 Å². The number of nitriles is 1. The van der Waals surface area contributed by atoms with Crippen LogP contribution in [-0.2, 0) is 6.42 Å². The highest BCUT2D eigenvalue weighted by atomic mass is 14.9. The molecule has 0 radical (unpaired) electrons. The van der Waals surface area contributed by atoms with Crippen molar-refractivity contribution in [2.24, 2.45) is 0 Å². The van der Waals surface area contributed by atoms with Crippen molar-refractivity contribution < 1.29 is 0 Å². The van der Waals surface area contributed by atoms with Crippen molar-refractivity contribution in [2.75, 3.05) is 11.1 Å². The highest BCUT2D eigenvalue weighted by molar-refractivity contribution is 5.69. The van der Waals surface area contributed by atoms with Gasteiger partial charge < -0.3 is 11.1 Å². The van der Waals surface area contributed by atoms with Gasteiger partial charge in [0.2, 0.25) is 0 Å². The van der Waals surface area contributed by atoms with E-state index in [-0.39, 0.29) is 0 Å². The Morgan fingerprint density at radius 2 is 2.00 bits per heavy atom. The third kappa shape index (κ3) is 2.44. The summed E-state index contributed by atoms with van der Waals surface area (Å²) < 4.78 is 0. The van der Waals surface area contributed by atoms with Gasteiger partial charge in [-0.05, 0) is 36.2 Å². The Bertz CT molecular complexity index is 597. The summed E-state index contributed by atoms with van der Waals surface area (Å²) in [5.41, 5.74) is 10.0. The van der Waals surface area contributed by atoms with Gasteiger partial charge in [-0.25, -0.2) is 0 Å². The lowest BCUT2D eigenvalue weighted by atomic mass is 10.1. The van der Waals surface area contributed by atoms with Crippen LogP contribution < -0.4 is 11.1 Å². The van der Waals surface area contributed by atoms with Crippen LogP contribution in [-0.4, -0.2) is 0 Å². The highest BCUT2D eigenvalue weighted by Crippen LogP contribution is 2.24. The van der Waals surface area contributed by atoms with Crippen LogP contribution in [0.15, 0.2) is 42.5 Å². The monoisotopic (exact) mass is 237 g/mol. The number of benzene rings is 2. The normalized spacial score (nSPS) is 9.78. The molecule has 0 aromatic heterocycles. The van der Waals surface area contributed by atoms with Crippen LogP contribution in [0.1, 0.15) is 18.1 Å². The smallest absolute Gasteiger partial charge is 0.101 e. The zero-order valence-electron chi connectivity index (χ0n) is 10.3. The molecule has 18 heavy (non-hydrogen) atoms. The number of hydrogen-bond donors (Lipinski definition) is 2. The molecule has 0 fully saturated rings. The van der Waals surface area contributed by atoms with Gasteiger partial charge in [-0.2, -0.15) is 5.26 Å². The van der Waals surface area contributed by atoms with Crippen molar-refractivity contribution in [3.8, 4) is 6.07 Å². The van der Waals surface area contributed by atoms with Crippen molar-refractivity contribution in [1.29, 1.82) is 5.26 Å². The molecular weight excluding hydrogens is 222 g/mol. The first-order chi connectivity index (χ1) is 8.74. The summed E-state index contributed by atoms with van der Waals surface area (Å²) in [4.78, 5) is 0. The minimum absolute atomic E-state index is 0.497. The molecule has 0 unspecified atom stereocenters. The molecule has 0 aliphatic heterocycles. The van der Waals surface area contributed by atoms with Crippen molar-refractivity contribution in [1.82, 2.24) is 0 Å². The molecule has 0 aliphatic carbocycles. The first-order valence-electron chi connectivity index (χ1n) is 5.89. The molecule has 0 aliphatic rings. The van der Waals surface area contributed by atoms with E-state index in [0.717, 1.165) is 17.8 Å².